The van der Waals surface area contributed by atoms with E-state index in [1.807, 2.05) is 0 Å². The number of hydrogen-bond acceptors (Lipinski definition) is 0. The van der Waals surface area contributed by atoms with E-state index in [1.54, 1.807) is 6.92 Å². The topological polar surface area (TPSA) is 0 Å². The van der Waals surface area contributed by atoms with Gasteiger partial charge in [-0.05, 0) is 22.3 Å². The van der Waals surface area contributed by atoms with Crippen molar-refractivity contribution < 1.29 is 50.7 Å². The number of benzene rings is 4. The average Bonchev–Trinajstić information content (AvgIpc) is 3.59. The van der Waals surface area contributed by atoms with Crippen LogP contribution in [0, 0.1) is 6.92 Å². The van der Waals surface area contributed by atoms with Gasteiger partial charge >= 0.3 is 25.8 Å². The molecule has 0 fully saturated rings. The molecule has 0 radical (unpaired) electrons. The predicted octanol–water partition coefficient (Wildman–Crippen LogP) is 2.88. The summed E-state index contributed by atoms with van der Waals surface area (Å²) in [7, 11) is 0. The Morgan fingerprint density at radius 3 is 1.83 bits per heavy atom. The molecule has 0 aliphatic heterocycles. The van der Waals surface area contributed by atoms with E-state index in [1.165, 1.54) is 54.9 Å². The Labute approximate surface area is 245 Å². The van der Waals surface area contributed by atoms with Gasteiger partial charge in [0.05, 0.1) is 0 Å². The van der Waals surface area contributed by atoms with Crippen LogP contribution in [0.4, 0.5) is 0 Å². The molecule has 0 heterocycles. The van der Waals surface area contributed by atoms with Gasteiger partial charge < -0.3 is 31.7 Å². The fourth-order valence-corrected chi connectivity index (χ4v) is 5.71. The van der Waals surface area contributed by atoms with E-state index in [9.17, 15) is 0 Å². The van der Waals surface area contributed by atoms with Gasteiger partial charge in [0, 0.05) is 11.8 Å². The Morgan fingerprint density at radius 2 is 1.14 bits per heavy atom. The standard InChI is InChI=1S/C31H21.C2H5.2ClH.Hf/c1-4-10-23-20(7-1)13-15-26(23)29-18-17-27-25-12-6-3-9-22(25)19-30(27)31(29)28-16-14-21-8-2-5-11-24(21)28;1-2;;;/h1-19,26,28H;1H2,2H3;2*1H;/q2*-1;;;+4/p-2. The second kappa shape index (κ2) is 11.8. The quantitative estimate of drug-likeness (QED) is 0.200. The fourth-order valence-electron chi connectivity index (χ4n) is 5.71. The van der Waals surface area contributed by atoms with Crippen molar-refractivity contribution in [1.82, 2.24) is 0 Å². The average molecular weight is 672 g/mol. The Kier molecular flexibility index (Phi) is 9.28. The summed E-state index contributed by atoms with van der Waals surface area (Å²) in [6.07, 6.45) is 9.35. The predicted molar refractivity (Wildman–Crippen MR) is 143 cm³/mol. The maximum absolute atomic E-state index is 3.25. The number of allylic oxidation sites excluding steroid dienone is 2. The van der Waals surface area contributed by atoms with Gasteiger partial charge in [-0.1, -0.05) is 114 Å². The second-order valence-electron chi connectivity index (χ2n) is 8.69. The second-order valence-corrected chi connectivity index (χ2v) is 8.69. The van der Waals surface area contributed by atoms with Crippen LogP contribution >= 0.6 is 0 Å². The fraction of sp³-hybridized carbons (Fsp3) is 0.0909. The molecule has 0 spiro atoms. The zero-order valence-corrected chi connectivity index (χ0v) is 25.2. The zero-order chi connectivity index (χ0) is 22.4. The van der Waals surface area contributed by atoms with Crippen LogP contribution in [0.2, 0.25) is 0 Å². The van der Waals surface area contributed by atoms with Crippen LogP contribution in [0.3, 0.4) is 0 Å². The molecule has 2 unspecified atom stereocenters. The molecule has 2 atom stereocenters. The summed E-state index contributed by atoms with van der Waals surface area (Å²) in [4.78, 5) is 0. The van der Waals surface area contributed by atoms with Crippen LogP contribution in [0.1, 0.15) is 52.1 Å². The minimum Gasteiger partial charge on any atom is -1.00 e. The minimum atomic E-state index is 0. The minimum absolute atomic E-state index is 0. The number of rotatable bonds is 2. The van der Waals surface area contributed by atoms with E-state index >= 15 is 0 Å². The third-order valence-corrected chi connectivity index (χ3v) is 7.12. The Balaban J connectivity index is 0.000000706. The number of fused-ring (bicyclic) bond motifs is 5. The summed E-state index contributed by atoms with van der Waals surface area (Å²) in [5.41, 5.74) is 8.39. The van der Waals surface area contributed by atoms with Gasteiger partial charge in [0.25, 0.3) is 0 Å². The van der Waals surface area contributed by atoms with E-state index in [4.69, 9.17) is 0 Å². The van der Waals surface area contributed by atoms with Crippen LogP contribution in [0.25, 0.3) is 33.7 Å². The summed E-state index contributed by atoms with van der Waals surface area (Å²) in [5, 5.41) is 5.43. The van der Waals surface area contributed by atoms with Crippen LogP contribution < -0.4 is 24.8 Å². The molecule has 5 aromatic rings. The van der Waals surface area contributed by atoms with Crippen molar-refractivity contribution in [1.29, 1.82) is 0 Å². The molecule has 36 heavy (non-hydrogen) atoms. The molecule has 7 rings (SSSR count). The molecule has 5 aromatic carbocycles. The number of halogens is 2. The Hall–Kier alpha value is -2.32. The Morgan fingerprint density at radius 1 is 0.583 bits per heavy atom. The number of hydrogen-bond donors (Lipinski definition) is 0. The molecular weight excluding hydrogens is 646 g/mol. The third kappa shape index (κ3) is 4.47. The monoisotopic (exact) mass is 672 g/mol. The smallest absolute Gasteiger partial charge is 1.00 e. The van der Waals surface area contributed by atoms with Crippen LogP contribution in [-0.2, 0) is 25.8 Å². The van der Waals surface area contributed by atoms with Crippen LogP contribution in [0.15, 0.2) is 103 Å². The summed E-state index contributed by atoms with van der Waals surface area (Å²) >= 11 is 0. The Bertz CT molecular complexity index is 1560. The van der Waals surface area contributed by atoms with Crippen molar-refractivity contribution in [3.05, 3.63) is 143 Å². The summed E-state index contributed by atoms with van der Waals surface area (Å²) in [6.45, 7) is 5.00. The molecule has 0 N–H and O–H groups in total. The molecular formula is C33H26Cl2Hf. The molecule has 176 valence electrons. The van der Waals surface area contributed by atoms with Crippen molar-refractivity contribution in [2.45, 2.75) is 18.8 Å². The summed E-state index contributed by atoms with van der Waals surface area (Å²) in [6, 6.07) is 33.6. The van der Waals surface area contributed by atoms with Gasteiger partial charge in [0.15, 0.2) is 0 Å². The van der Waals surface area contributed by atoms with E-state index < -0.39 is 0 Å². The van der Waals surface area contributed by atoms with Crippen molar-refractivity contribution in [3.63, 3.8) is 0 Å². The van der Waals surface area contributed by atoms with E-state index in [-0.39, 0.29) is 56.6 Å². The van der Waals surface area contributed by atoms with E-state index in [0.717, 1.165) is 0 Å². The van der Waals surface area contributed by atoms with Gasteiger partial charge in [-0.15, -0.1) is 33.7 Å². The van der Waals surface area contributed by atoms with Crippen molar-refractivity contribution in [2.24, 2.45) is 0 Å². The molecule has 2 aliphatic carbocycles. The zero-order valence-electron chi connectivity index (χ0n) is 20.1. The first-order chi connectivity index (χ1) is 16.4. The van der Waals surface area contributed by atoms with E-state index in [2.05, 4.69) is 122 Å². The molecule has 3 heteroatoms. The first-order valence-electron chi connectivity index (χ1n) is 11.7. The molecule has 0 amide bonds. The SMILES string of the molecule is C1=CC(c2ccc3c([cH-]c4ccccc43)c2C2C=Cc3ccccc32)c2ccccc21.[CH2-]C.[Cl-].[Cl-].[Hf+4]. The van der Waals surface area contributed by atoms with Gasteiger partial charge in [-0.2, -0.15) is 6.92 Å². The molecule has 0 aromatic heterocycles. The van der Waals surface area contributed by atoms with Crippen molar-refractivity contribution >= 4 is 33.7 Å². The van der Waals surface area contributed by atoms with Crippen molar-refractivity contribution in [3.8, 4) is 0 Å². The first-order valence-corrected chi connectivity index (χ1v) is 11.7. The van der Waals surface area contributed by atoms with Crippen LogP contribution in [0.5, 0.6) is 0 Å². The normalized spacial score (nSPS) is 16.3. The summed E-state index contributed by atoms with van der Waals surface area (Å²) < 4.78 is 0. The molecule has 0 nitrogen and oxygen atoms in total. The van der Waals surface area contributed by atoms with Gasteiger partial charge in [-0.3, -0.25) is 0 Å². The third-order valence-electron chi connectivity index (χ3n) is 7.12. The van der Waals surface area contributed by atoms with Gasteiger partial charge in [-0.25, -0.2) is 0 Å². The van der Waals surface area contributed by atoms with Gasteiger partial charge in [0.2, 0.25) is 0 Å². The van der Waals surface area contributed by atoms with Gasteiger partial charge in [0.1, 0.15) is 0 Å². The molecule has 0 bridgehead atoms. The van der Waals surface area contributed by atoms with Crippen LogP contribution in [-0.4, -0.2) is 0 Å². The molecule has 0 saturated heterocycles. The maximum Gasteiger partial charge on any atom is 4.00 e. The summed E-state index contributed by atoms with van der Waals surface area (Å²) in [5.74, 6) is 0.586. The largest absolute Gasteiger partial charge is 4.00 e. The molecule has 2 aliphatic rings. The maximum atomic E-state index is 3.25. The molecule has 0 saturated carbocycles. The van der Waals surface area contributed by atoms with E-state index in [0.29, 0.717) is 5.92 Å². The van der Waals surface area contributed by atoms with Crippen molar-refractivity contribution in [2.75, 3.05) is 0 Å². The first kappa shape index (κ1) is 28.3.